The Morgan fingerprint density at radius 2 is 1.06 bits per heavy atom. The summed E-state index contributed by atoms with van der Waals surface area (Å²) in [4.78, 5) is 148. The highest BCUT2D eigenvalue weighted by Gasteiger charge is 2.60. The van der Waals surface area contributed by atoms with E-state index in [1.165, 1.54) is 42.8 Å². The Bertz CT molecular complexity index is 6750. The molecule has 5 unspecified atom stereocenters. The zero-order chi connectivity index (χ0) is 101. The molecule has 3 fully saturated rings. The van der Waals surface area contributed by atoms with E-state index in [9.17, 15) is 38.7 Å². The van der Waals surface area contributed by atoms with Gasteiger partial charge in [-0.3, -0.25) is 79.9 Å². The second-order valence-corrected chi connectivity index (χ2v) is 53.3. The number of nitrogens with one attached hydrogen (secondary N) is 3. The molecule has 5 aromatic rings. The number of aryl methyl sites for hydroxylation is 1. The number of rotatable bonds is 35. The van der Waals surface area contributed by atoms with Gasteiger partial charge in [0.2, 0.25) is 30.9 Å². The number of esters is 1. The lowest BCUT2D eigenvalue weighted by atomic mass is 10.0. The van der Waals surface area contributed by atoms with E-state index in [4.69, 9.17) is 83.7 Å². The molecule has 764 valence electrons. The molecule has 0 radical (unpaired) electrons. The standard InChI is InChI=1S/C94H106N12O26P2Si3.22H2/c1-25-26-27-28-29-30-31-32-33-34-35-36-37-38-39-40-41-42-43-44-53-119-68-57-67(56-63(4)65(68)6)85(114)106-73(110)48-52-104(91(106)116)87-79(130-135(19,20)92(8,9)10)76(127-74(111)46-45-64(5)108)70(125-87)59-122-134(118,121-55-50-96-18)129-78-71(126-88(81(78)132-137(23,24)94(14,15)16)105-61-97-75-82(105)100-89(102-84(75)113)101-83(112)62(2)3)60-123-133(117,120-54-49-95-17)128-77-69(58-107)124-86(80(77)131-136(21,22)93(11,12)13)103-51-47-72(98-66(7)109)99-90(103)115;;;;;;;;;;;;;;;;;;;;;;/h1,47-48,51-52,56-57,61-62,69-71,76-81,86-88,107H,45-46,49-50,54-55,58-60H2,2-16,19-24H3,(H,98,99,109,115)(H2,100,101,102,112,113);22*1H/t69-,70-,71-,76?,77?,78?,79+,80+,81+,86-,87-,88-,133?,134?;;;;;;;;;;;;;;;;;;;;;;/m1....................../s1. The maximum atomic E-state index is 16.7. The molecule has 38 nitrogen and oxygen atoms in total. The number of Topliss-reactive ketones (excluding diaryl/α,β-unsaturated/α-hetero) is 1. The number of hydrogen-bond acceptors (Lipinski definition) is 29. The summed E-state index contributed by atoms with van der Waals surface area (Å²) in [5, 5.41) is 14.3. The van der Waals surface area contributed by atoms with Gasteiger partial charge in [-0.25, -0.2) is 36.8 Å². The fraction of sp³-hybridized carbons (Fsp3) is 0.489. The number of fused-ring (bicyclic) bond motifs is 1. The normalized spacial score (nSPS) is 20.2. The first kappa shape index (κ1) is 110. The number of amides is 2. The second kappa shape index (κ2) is 47.9. The third-order valence-electron chi connectivity index (χ3n) is 22.5. The maximum absolute atomic E-state index is 16.7. The predicted molar refractivity (Wildman–Crippen MR) is 555 cm³/mol. The minimum absolute atomic E-state index is 0. The molecule has 3 aliphatic heterocycles. The summed E-state index contributed by atoms with van der Waals surface area (Å²) in [5.74, 6) is 44.3. The molecule has 3 aliphatic rings. The zero-order valence-electron chi connectivity index (χ0n) is 79.6. The molecule has 0 spiro atoms. The van der Waals surface area contributed by atoms with Crippen LogP contribution in [-0.4, -0.2) is 199 Å². The molecular weight excluding hydrogens is 1860 g/mol. The Kier molecular flexibility index (Phi) is 38.4. The number of aromatic amines is 1. The predicted octanol–water partition coefficient (Wildman–Crippen LogP) is 14.7. The summed E-state index contributed by atoms with van der Waals surface area (Å²) >= 11 is 0. The van der Waals surface area contributed by atoms with E-state index >= 15 is 18.7 Å². The van der Waals surface area contributed by atoms with Crippen molar-refractivity contribution in [1.29, 1.82) is 0 Å². The summed E-state index contributed by atoms with van der Waals surface area (Å²) in [7, 11) is -20.8. The van der Waals surface area contributed by atoms with E-state index in [1.54, 1.807) is 27.7 Å². The van der Waals surface area contributed by atoms with Gasteiger partial charge in [0.1, 0.15) is 85.5 Å². The highest BCUT2D eigenvalue weighted by Crippen LogP contribution is 2.59. The van der Waals surface area contributed by atoms with Crippen LogP contribution in [0.5, 0.6) is 5.75 Å². The molecule has 0 bridgehead atoms. The van der Waals surface area contributed by atoms with E-state index < -0.39 is 240 Å². The number of nitrogens with zero attached hydrogens (tertiary/aromatic N) is 9. The number of phosphoric ester groups is 2. The van der Waals surface area contributed by atoms with Crippen LogP contribution < -0.4 is 37.9 Å². The lowest BCUT2D eigenvalue weighted by Crippen LogP contribution is -2.51. The highest BCUT2D eigenvalue weighted by atomic mass is 31.2. The van der Waals surface area contributed by atoms with Crippen molar-refractivity contribution >= 4 is 93.0 Å². The van der Waals surface area contributed by atoms with Gasteiger partial charge in [0.25, 0.3) is 17.0 Å². The number of carbonyl (C=O) groups excluding carboxylic acids is 5. The fourth-order valence-electron chi connectivity index (χ4n) is 12.3. The first-order valence-corrected chi connectivity index (χ1v) is 54.4. The molecule has 137 heavy (non-hydrogen) atoms. The number of phosphoric acid groups is 2. The van der Waals surface area contributed by atoms with E-state index in [0.717, 1.165) is 27.7 Å². The molecule has 0 aliphatic carbocycles. The number of aliphatic hydroxyl groups excluding tert-OH is 1. The van der Waals surface area contributed by atoms with Crippen molar-refractivity contribution in [2.24, 2.45) is 5.92 Å². The largest absolute Gasteiger partial charge is 0.475 e. The van der Waals surface area contributed by atoms with Crippen LogP contribution in [0.15, 0.2) is 62.2 Å². The number of aromatic nitrogens is 8. The number of ketones is 1. The molecule has 0 saturated carbocycles. The SMILES string of the molecule is [C-]#[N+]CCOP(=O)(OC[C@H]1O[C@@H](n2cnc3c(=O)[nH]c(NC(=O)C(C)C)nc32)[C@@H](O[Si](C)(C)C(C)(C)C)C1OP(=O)(OCC[N+]#[C-])OC[C@H]1O[C@@H](n2ccc(=O)n(C(=O)c3cc(C)c(C)c(OC#CC#CC#CC#CC#CC#CC#CC#CC#CC#CC#C)c3)c2=O)[C@@H](O[Si](C)(C)C(C)(C)C)C1OC(=O)CCC(C)=O)OC1[C@@H](CO)O[C@@H](n2ccc(NC(C)=O)nc2=O)[C@H]1O[Si](C)(C)C(C)(C)C.[HH].[HH].[HH].[HH].[HH].[HH].[HH].[HH].[HH].[HH].[HH].[HH].[HH].[HH].[HH].[HH].[HH].[HH].[HH].[HH].[HH].[HH]. The molecule has 2 amide bonds. The third-order valence-corrected chi connectivity index (χ3v) is 38.9. The number of carbonyl (C=O) groups is 5. The van der Waals surface area contributed by atoms with E-state index in [1.807, 2.05) is 102 Å². The molecule has 8 rings (SSSR count). The van der Waals surface area contributed by atoms with Gasteiger partial charge in [0, 0.05) is 146 Å². The van der Waals surface area contributed by atoms with Crippen LogP contribution in [0.1, 0.15) is 174 Å². The highest BCUT2D eigenvalue weighted by molar-refractivity contribution is 7.48. The molecule has 3 saturated heterocycles. The summed E-state index contributed by atoms with van der Waals surface area (Å²) in [6, 6.07) is 4.86. The molecule has 43 heteroatoms. The Labute approximate surface area is 830 Å². The van der Waals surface area contributed by atoms with Gasteiger partial charge in [-0.15, -0.1) is 6.42 Å². The van der Waals surface area contributed by atoms with Gasteiger partial charge in [-0.1, -0.05) is 76.2 Å². The molecule has 14 atom stereocenters. The zero-order valence-corrected chi connectivity index (χ0v) is 84.3. The van der Waals surface area contributed by atoms with Crippen molar-refractivity contribution in [2.45, 2.75) is 245 Å². The van der Waals surface area contributed by atoms with Gasteiger partial charge in [-0.05, 0) is 152 Å². The first-order chi connectivity index (χ1) is 64.3. The topological polar surface area (TPSA) is 444 Å². The Balaban J connectivity index is -0.000000725. The number of aliphatic hydroxyl groups is 1. The minimum atomic E-state index is -5.58. The van der Waals surface area contributed by atoms with Crippen molar-refractivity contribution in [2.75, 3.05) is 56.8 Å². The molecule has 7 heterocycles. The average molecular weight is 2010 g/mol. The van der Waals surface area contributed by atoms with Crippen molar-refractivity contribution in [3.05, 3.63) is 124 Å². The van der Waals surface area contributed by atoms with E-state index in [-0.39, 0.29) is 72.0 Å². The number of terminal acetylenes is 1. The molecular formula is C94H150N12O26P2Si3. The number of anilines is 2. The van der Waals surface area contributed by atoms with Crippen molar-refractivity contribution in [3.8, 4) is 137 Å². The summed E-state index contributed by atoms with van der Waals surface area (Å²) < 4.78 is 128. The maximum Gasteiger partial charge on any atom is 0.475 e. The lowest BCUT2D eigenvalue weighted by Gasteiger charge is -2.41. The van der Waals surface area contributed by atoms with Crippen LogP contribution in [-0.2, 0) is 87.7 Å². The monoisotopic (exact) mass is 2010 g/mol. The van der Waals surface area contributed by atoms with Gasteiger partial charge >= 0.3 is 33.0 Å². The van der Waals surface area contributed by atoms with Crippen molar-refractivity contribution in [3.63, 3.8) is 0 Å². The Hall–Kier alpha value is -12.6. The molecule has 1 aromatic carbocycles. The minimum Gasteiger partial charge on any atom is -0.457 e. The van der Waals surface area contributed by atoms with Crippen LogP contribution in [0.25, 0.3) is 20.9 Å². The van der Waals surface area contributed by atoms with E-state index in [0.29, 0.717) is 15.7 Å². The third kappa shape index (κ3) is 29.5. The quantitative estimate of drug-likeness (QED) is 0.00731. The summed E-state index contributed by atoms with van der Waals surface area (Å²) in [6.07, 6.45) is -10.4. The van der Waals surface area contributed by atoms with Gasteiger partial charge in [0.15, 0.2) is 60.9 Å². The van der Waals surface area contributed by atoms with Crippen LogP contribution in [0.4, 0.5) is 11.8 Å². The Morgan fingerprint density at radius 1 is 0.606 bits per heavy atom. The second-order valence-electron chi connectivity index (χ2n) is 35.8. The van der Waals surface area contributed by atoms with Crippen molar-refractivity contribution in [1.82, 2.24) is 38.2 Å². The van der Waals surface area contributed by atoms with Crippen LogP contribution in [0, 0.1) is 164 Å². The summed E-state index contributed by atoms with van der Waals surface area (Å²) in [5.41, 5.74) is -4.10. The fourth-order valence-corrected chi connectivity index (χ4v) is 18.9. The van der Waals surface area contributed by atoms with E-state index in [2.05, 4.69) is 165 Å². The van der Waals surface area contributed by atoms with Crippen LogP contribution in [0.3, 0.4) is 0 Å². The van der Waals surface area contributed by atoms with Gasteiger partial charge in [0.05, 0.1) is 32.6 Å². The molecule has 4 N–H and O–H groups in total. The average Bonchev–Trinajstić information content (AvgIpc) is 1.59. The molecule has 4 aromatic heterocycles. The number of H-pyrrole nitrogens is 1. The smallest absolute Gasteiger partial charge is 0.457 e. The number of imidazole rings is 1. The van der Waals surface area contributed by atoms with Crippen LogP contribution in [0.2, 0.25) is 54.4 Å². The van der Waals surface area contributed by atoms with Crippen LogP contribution >= 0.6 is 15.6 Å². The van der Waals surface area contributed by atoms with Gasteiger partial charge < -0.3 is 61.9 Å². The first-order valence-electron chi connectivity index (χ1n) is 42.7. The Morgan fingerprint density at radius 3 is 1.52 bits per heavy atom. The number of hydrogen-bond donors (Lipinski definition) is 4. The number of benzene rings is 1. The summed E-state index contributed by atoms with van der Waals surface area (Å²) in [6.45, 7) is 47.2. The van der Waals surface area contributed by atoms with Gasteiger partial charge in [-0.2, -0.15) is 14.5 Å². The lowest BCUT2D eigenvalue weighted by molar-refractivity contribution is -0.156. The number of ether oxygens (including phenoxy) is 5. The van der Waals surface area contributed by atoms with Crippen molar-refractivity contribution < 1.29 is 134 Å².